The summed E-state index contributed by atoms with van der Waals surface area (Å²) in [6, 6.07) is -0.0348. The zero-order chi connectivity index (χ0) is 14.5. The van der Waals surface area contributed by atoms with Crippen molar-refractivity contribution in [2.24, 2.45) is 11.7 Å². The van der Waals surface area contributed by atoms with E-state index in [0.29, 0.717) is 5.92 Å². The minimum atomic E-state index is -0.461. The summed E-state index contributed by atoms with van der Waals surface area (Å²) in [5.74, 6) is 0.694. The Morgan fingerprint density at radius 1 is 1.32 bits per heavy atom. The molecule has 0 heterocycles. The van der Waals surface area contributed by atoms with E-state index in [0.717, 1.165) is 6.42 Å². The number of amides is 1. The Morgan fingerprint density at radius 3 is 2.37 bits per heavy atom. The maximum absolute atomic E-state index is 11.8. The van der Waals surface area contributed by atoms with Gasteiger partial charge in [0.15, 0.2) is 0 Å². The van der Waals surface area contributed by atoms with Crippen molar-refractivity contribution in [1.29, 1.82) is 0 Å². The highest BCUT2D eigenvalue weighted by molar-refractivity contribution is 5.68. The number of nitrogens with two attached hydrogens (primary N) is 1. The molecule has 1 amide bonds. The molecule has 0 spiro atoms. The topological polar surface area (TPSA) is 64.3 Å². The molecule has 0 aliphatic heterocycles. The normalized spacial score (nSPS) is 20.7. The van der Waals surface area contributed by atoms with E-state index in [-0.39, 0.29) is 18.2 Å². The van der Waals surface area contributed by atoms with Crippen molar-refractivity contribution in [3.63, 3.8) is 0 Å². The van der Waals surface area contributed by atoms with Crippen molar-refractivity contribution in [3.05, 3.63) is 0 Å². The van der Waals surface area contributed by atoms with Crippen molar-refractivity contribution >= 4 is 6.09 Å². The molecule has 1 saturated carbocycles. The molecule has 0 saturated heterocycles. The van der Waals surface area contributed by atoms with E-state index in [2.05, 4.69) is 5.32 Å². The van der Waals surface area contributed by atoms with Crippen LogP contribution in [0.4, 0.5) is 4.79 Å². The third kappa shape index (κ3) is 6.81. The van der Waals surface area contributed by atoms with Crippen LogP contribution in [0.25, 0.3) is 0 Å². The Balaban J connectivity index is 2.45. The molecule has 4 heteroatoms. The first kappa shape index (κ1) is 16.3. The van der Waals surface area contributed by atoms with Crippen LogP contribution in [0.1, 0.15) is 66.2 Å². The van der Waals surface area contributed by atoms with Gasteiger partial charge >= 0.3 is 6.09 Å². The van der Waals surface area contributed by atoms with Gasteiger partial charge < -0.3 is 15.8 Å². The van der Waals surface area contributed by atoms with Crippen molar-refractivity contribution in [2.45, 2.75) is 83.9 Å². The minimum Gasteiger partial charge on any atom is -0.444 e. The Morgan fingerprint density at radius 2 is 1.89 bits per heavy atom. The van der Waals surface area contributed by atoms with Crippen LogP contribution in [0.5, 0.6) is 0 Å². The van der Waals surface area contributed by atoms with Crippen LogP contribution >= 0.6 is 0 Å². The first-order valence-corrected chi connectivity index (χ1v) is 7.53. The number of nitrogens with one attached hydrogen (secondary N) is 1. The molecule has 0 aromatic carbocycles. The number of carbonyl (C=O) groups is 1. The second-order valence-corrected chi connectivity index (χ2v) is 6.85. The van der Waals surface area contributed by atoms with Crippen molar-refractivity contribution < 1.29 is 9.53 Å². The molecular weight excluding hydrogens is 240 g/mol. The molecule has 0 aromatic heterocycles. The van der Waals surface area contributed by atoms with Crippen LogP contribution in [0.2, 0.25) is 0 Å². The van der Waals surface area contributed by atoms with Gasteiger partial charge in [0.25, 0.3) is 0 Å². The van der Waals surface area contributed by atoms with Crippen LogP contribution in [0.15, 0.2) is 0 Å². The third-order valence-corrected chi connectivity index (χ3v) is 3.65. The Hall–Kier alpha value is -0.770. The number of rotatable bonds is 4. The van der Waals surface area contributed by atoms with Crippen LogP contribution < -0.4 is 11.1 Å². The fraction of sp³-hybridized carbons (Fsp3) is 0.933. The largest absolute Gasteiger partial charge is 0.444 e. The number of hydrogen-bond donors (Lipinski definition) is 2. The summed E-state index contributed by atoms with van der Waals surface area (Å²) in [4.78, 5) is 11.8. The zero-order valence-electron chi connectivity index (χ0n) is 12.9. The van der Waals surface area contributed by atoms with Crippen molar-refractivity contribution in [3.8, 4) is 0 Å². The van der Waals surface area contributed by atoms with Gasteiger partial charge in [-0.3, -0.25) is 0 Å². The Bertz CT molecular complexity index is 278. The fourth-order valence-corrected chi connectivity index (χ4v) is 2.65. The van der Waals surface area contributed by atoms with Gasteiger partial charge in [0.2, 0.25) is 0 Å². The standard InChI is InChI=1S/C15H30N2O2/c1-11(16)13(10-12-8-6-5-7-9-12)17-14(18)19-15(2,3)4/h11-13H,5-10,16H2,1-4H3,(H,17,18). The zero-order valence-corrected chi connectivity index (χ0v) is 12.9. The lowest BCUT2D eigenvalue weighted by atomic mass is 9.83. The van der Waals surface area contributed by atoms with E-state index in [1.807, 2.05) is 27.7 Å². The summed E-state index contributed by atoms with van der Waals surface area (Å²) in [5, 5.41) is 2.93. The van der Waals surface area contributed by atoms with Gasteiger partial charge in [-0.05, 0) is 40.0 Å². The van der Waals surface area contributed by atoms with Gasteiger partial charge in [-0.2, -0.15) is 0 Å². The minimum absolute atomic E-state index is 0.0120. The molecule has 1 rings (SSSR count). The van der Waals surface area contributed by atoms with E-state index < -0.39 is 5.60 Å². The highest BCUT2D eigenvalue weighted by Crippen LogP contribution is 2.27. The number of alkyl carbamates (subject to hydrolysis) is 1. The average molecular weight is 270 g/mol. The Labute approximate surface area is 117 Å². The van der Waals surface area contributed by atoms with Crippen LogP contribution in [0, 0.1) is 5.92 Å². The molecule has 2 unspecified atom stereocenters. The molecule has 0 bridgehead atoms. The molecule has 1 aliphatic rings. The predicted octanol–water partition coefficient (Wildman–Crippen LogP) is 3.20. The van der Waals surface area contributed by atoms with Gasteiger partial charge in [0.1, 0.15) is 5.60 Å². The molecule has 19 heavy (non-hydrogen) atoms. The summed E-state index contributed by atoms with van der Waals surface area (Å²) >= 11 is 0. The van der Waals surface area contributed by atoms with Gasteiger partial charge in [0.05, 0.1) is 0 Å². The highest BCUT2D eigenvalue weighted by atomic mass is 16.6. The fourth-order valence-electron chi connectivity index (χ4n) is 2.65. The number of hydrogen-bond acceptors (Lipinski definition) is 3. The maximum atomic E-state index is 11.8. The lowest BCUT2D eigenvalue weighted by molar-refractivity contribution is 0.0487. The van der Waals surface area contributed by atoms with E-state index >= 15 is 0 Å². The van der Waals surface area contributed by atoms with Crippen LogP contribution in [-0.2, 0) is 4.74 Å². The molecule has 0 aromatic rings. The van der Waals surface area contributed by atoms with Crippen molar-refractivity contribution in [2.75, 3.05) is 0 Å². The van der Waals surface area contributed by atoms with E-state index in [1.165, 1.54) is 32.1 Å². The molecule has 3 N–H and O–H groups in total. The molecule has 2 atom stereocenters. The number of ether oxygens (including phenoxy) is 1. The predicted molar refractivity (Wildman–Crippen MR) is 78.0 cm³/mol. The number of carbonyl (C=O) groups excluding carboxylic acids is 1. The summed E-state index contributed by atoms with van der Waals surface area (Å²) < 4.78 is 5.30. The summed E-state index contributed by atoms with van der Waals surface area (Å²) in [7, 11) is 0. The van der Waals surface area contributed by atoms with E-state index in [9.17, 15) is 4.79 Å². The van der Waals surface area contributed by atoms with Gasteiger partial charge in [0, 0.05) is 12.1 Å². The summed E-state index contributed by atoms with van der Waals surface area (Å²) in [6.07, 6.45) is 7.10. The first-order chi connectivity index (χ1) is 8.78. The van der Waals surface area contributed by atoms with Crippen LogP contribution in [-0.4, -0.2) is 23.8 Å². The maximum Gasteiger partial charge on any atom is 0.407 e. The SMILES string of the molecule is CC(N)C(CC1CCCCC1)NC(=O)OC(C)(C)C. The van der Waals surface area contributed by atoms with Gasteiger partial charge in [-0.1, -0.05) is 32.1 Å². The van der Waals surface area contributed by atoms with Crippen molar-refractivity contribution in [1.82, 2.24) is 5.32 Å². The van der Waals surface area contributed by atoms with E-state index in [4.69, 9.17) is 10.5 Å². The Kier molecular flexibility index (Phi) is 6.11. The lowest BCUT2D eigenvalue weighted by Gasteiger charge is -2.30. The highest BCUT2D eigenvalue weighted by Gasteiger charge is 2.25. The second kappa shape index (κ2) is 7.13. The first-order valence-electron chi connectivity index (χ1n) is 7.53. The smallest absolute Gasteiger partial charge is 0.407 e. The molecule has 1 fully saturated rings. The van der Waals surface area contributed by atoms with Gasteiger partial charge in [-0.15, -0.1) is 0 Å². The molecule has 0 radical (unpaired) electrons. The van der Waals surface area contributed by atoms with Gasteiger partial charge in [-0.25, -0.2) is 4.79 Å². The molecule has 1 aliphatic carbocycles. The summed E-state index contributed by atoms with van der Waals surface area (Å²) in [6.45, 7) is 7.56. The quantitative estimate of drug-likeness (QED) is 0.824. The summed E-state index contributed by atoms with van der Waals surface area (Å²) in [5.41, 5.74) is 5.53. The lowest BCUT2D eigenvalue weighted by Crippen LogP contribution is -2.48. The monoisotopic (exact) mass is 270 g/mol. The molecule has 4 nitrogen and oxygen atoms in total. The van der Waals surface area contributed by atoms with Crippen LogP contribution in [0.3, 0.4) is 0 Å². The average Bonchev–Trinajstić information content (AvgIpc) is 2.26. The molecule has 112 valence electrons. The second-order valence-electron chi connectivity index (χ2n) is 6.85. The third-order valence-electron chi connectivity index (χ3n) is 3.65. The molecular formula is C15H30N2O2. The van der Waals surface area contributed by atoms with E-state index in [1.54, 1.807) is 0 Å².